The molecule has 0 aromatic carbocycles. The van der Waals surface area contributed by atoms with E-state index < -0.39 is 11.4 Å². The monoisotopic (exact) mass is 210 g/mol. The SMILES string of the molecule is O=C1CC(CC2CCCCC2)(C(=O)O)C1. The van der Waals surface area contributed by atoms with Crippen molar-refractivity contribution in [1.29, 1.82) is 0 Å². The van der Waals surface area contributed by atoms with Gasteiger partial charge in [-0.15, -0.1) is 0 Å². The van der Waals surface area contributed by atoms with E-state index in [9.17, 15) is 14.7 Å². The van der Waals surface area contributed by atoms with Gasteiger partial charge in [-0.25, -0.2) is 0 Å². The molecule has 2 aliphatic carbocycles. The summed E-state index contributed by atoms with van der Waals surface area (Å²) in [7, 11) is 0. The molecule has 84 valence electrons. The normalized spacial score (nSPS) is 26.0. The van der Waals surface area contributed by atoms with Crippen molar-refractivity contribution in [2.45, 2.75) is 51.4 Å². The van der Waals surface area contributed by atoms with Crippen molar-refractivity contribution in [3.63, 3.8) is 0 Å². The molecule has 0 heterocycles. The Bertz CT molecular complexity index is 269. The zero-order valence-electron chi connectivity index (χ0n) is 9.00. The number of carboxylic acids is 1. The summed E-state index contributed by atoms with van der Waals surface area (Å²) in [5.41, 5.74) is -0.681. The first-order chi connectivity index (χ1) is 7.12. The van der Waals surface area contributed by atoms with Crippen LogP contribution in [0.15, 0.2) is 0 Å². The van der Waals surface area contributed by atoms with Gasteiger partial charge in [0.15, 0.2) is 0 Å². The van der Waals surface area contributed by atoms with Gasteiger partial charge >= 0.3 is 5.97 Å². The highest BCUT2D eigenvalue weighted by Gasteiger charge is 2.50. The number of carbonyl (C=O) groups excluding carboxylic acids is 1. The molecule has 2 rings (SSSR count). The van der Waals surface area contributed by atoms with Gasteiger partial charge in [0.25, 0.3) is 0 Å². The molecular formula is C12H18O3. The standard InChI is InChI=1S/C12H18O3/c13-10-7-12(8-10,11(14)15)6-9-4-2-1-3-5-9/h9H,1-8H2,(H,14,15). The summed E-state index contributed by atoms with van der Waals surface area (Å²) >= 11 is 0. The minimum Gasteiger partial charge on any atom is -0.481 e. The summed E-state index contributed by atoms with van der Waals surface area (Å²) in [4.78, 5) is 22.2. The van der Waals surface area contributed by atoms with Gasteiger partial charge in [-0.2, -0.15) is 0 Å². The van der Waals surface area contributed by atoms with E-state index in [-0.39, 0.29) is 18.6 Å². The number of carbonyl (C=O) groups is 2. The van der Waals surface area contributed by atoms with Crippen LogP contribution in [0.4, 0.5) is 0 Å². The molecule has 15 heavy (non-hydrogen) atoms. The van der Waals surface area contributed by atoms with Crippen molar-refractivity contribution >= 4 is 11.8 Å². The Kier molecular flexibility index (Phi) is 2.81. The van der Waals surface area contributed by atoms with E-state index in [4.69, 9.17) is 0 Å². The van der Waals surface area contributed by atoms with Crippen molar-refractivity contribution in [3.8, 4) is 0 Å². The average Bonchev–Trinajstić information content (AvgIpc) is 2.16. The molecule has 2 aliphatic rings. The van der Waals surface area contributed by atoms with Gasteiger partial charge in [0.05, 0.1) is 5.41 Å². The van der Waals surface area contributed by atoms with Crippen molar-refractivity contribution in [3.05, 3.63) is 0 Å². The lowest BCUT2D eigenvalue weighted by molar-refractivity contribution is -0.162. The lowest BCUT2D eigenvalue weighted by atomic mass is 9.62. The van der Waals surface area contributed by atoms with Gasteiger partial charge in [-0.3, -0.25) is 9.59 Å². The van der Waals surface area contributed by atoms with E-state index in [1.165, 1.54) is 19.3 Å². The Hall–Kier alpha value is -0.860. The molecule has 0 bridgehead atoms. The summed E-state index contributed by atoms with van der Waals surface area (Å²) in [5, 5.41) is 9.18. The van der Waals surface area contributed by atoms with E-state index in [0.717, 1.165) is 19.3 Å². The summed E-state index contributed by atoms with van der Waals surface area (Å²) in [6, 6.07) is 0. The maximum atomic E-state index is 11.2. The summed E-state index contributed by atoms with van der Waals surface area (Å²) < 4.78 is 0. The van der Waals surface area contributed by atoms with Gasteiger partial charge in [-0.1, -0.05) is 32.1 Å². The Labute approximate surface area is 89.9 Å². The number of Topliss-reactive ketones (excluding diaryl/α,β-unsaturated/α-hetero) is 1. The van der Waals surface area contributed by atoms with Gasteiger partial charge in [0.1, 0.15) is 5.78 Å². The maximum absolute atomic E-state index is 11.2. The van der Waals surface area contributed by atoms with Crippen molar-refractivity contribution < 1.29 is 14.7 Å². The van der Waals surface area contributed by atoms with E-state index in [2.05, 4.69) is 0 Å². The largest absolute Gasteiger partial charge is 0.481 e. The van der Waals surface area contributed by atoms with Crippen LogP contribution in [0.25, 0.3) is 0 Å². The van der Waals surface area contributed by atoms with Crippen LogP contribution in [0.2, 0.25) is 0 Å². The first-order valence-electron chi connectivity index (χ1n) is 5.87. The van der Waals surface area contributed by atoms with Gasteiger partial charge in [0.2, 0.25) is 0 Å². The molecule has 2 fully saturated rings. The van der Waals surface area contributed by atoms with E-state index in [1.807, 2.05) is 0 Å². The molecule has 3 heteroatoms. The van der Waals surface area contributed by atoms with Crippen molar-refractivity contribution in [2.75, 3.05) is 0 Å². The van der Waals surface area contributed by atoms with Crippen LogP contribution in [0.5, 0.6) is 0 Å². The van der Waals surface area contributed by atoms with Crippen LogP contribution < -0.4 is 0 Å². The molecule has 0 aromatic heterocycles. The molecule has 0 spiro atoms. The van der Waals surface area contributed by atoms with E-state index in [1.54, 1.807) is 0 Å². The maximum Gasteiger partial charge on any atom is 0.310 e. The molecule has 1 N–H and O–H groups in total. The lowest BCUT2D eigenvalue weighted by Crippen LogP contribution is -2.45. The number of hydrogen-bond acceptors (Lipinski definition) is 2. The third-order valence-corrected chi connectivity index (χ3v) is 3.93. The van der Waals surface area contributed by atoms with Crippen LogP contribution >= 0.6 is 0 Å². The molecule has 0 amide bonds. The molecule has 0 aliphatic heterocycles. The third kappa shape index (κ3) is 2.06. The number of rotatable bonds is 3. The van der Waals surface area contributed by atoms with Crippen molar-refractivity contribution in [2.24, 2.45) is 11.3 Å². The van der Waals surface area contributed by atoms with Crippen LogP contribution in [0.3, 0.4) is 0 Å². The molecule has 3 nitrogen and oxygen atoms in total. The molecule has 0 unspecified atom stereocenters. The molecule has 2 saturated carbocycles. The average molecular weight is 210 g/mol. The molecular weight excluding hydrogens is 192 g/mol. The fourth-order valence-corrected chi connectivity index (χ4v) is 3.03. The van der Waals surface area contributed by atoms with E-state index >= 15 is 0 Å². The molecule has 0 aromatic rings. The van der Waals surface area contributed by atoms with Gasteiger partial charge in [-0.05, 0) is 12.3 Å². The van der Waals surface area contributed by atoms with Gasteiger partial charge in [0, 0.05) is 12.8 Å². The quantitative estimate of drug-likeness (QED) is 0.778. The summed E-state index contributed by atoms with van der Waals surface area (Å²) in [6.45, 7) is 0. The Morgan fingerprint density at radius 2 is 1.87 bits per heavy atom. The Morgan fingerprint density at radius 3 is 2.33 bits per heavy atom. The smallest absolute Gasteiger partial charge is 0.310 e. The minimum absolute atomic E-state index is 0.119. The summed E-state index contributed by atoms with van der Waals surface area (Å²) in [5.74, 6) is -0.0937. The number of carboxylic acid groups (broad SMARTS) is 1. The minimum atomic E-state index is -0.757. The second-order valence-corrected chi connectivity index (χ2v) is 5.19. The highest BCUT2D eigenvalue weighted by molar-refractivity contribution is 5.96. The van der Waals surface area contributed by atoms with E-state index in [0.29, 0.717) is 5.92 Å². The number of ketones is 1. The first kappa shape index (κ1) is 10.7. The summed E-state index contributed by atoms with van der Waals surface area (Å²) in [6.07, 6.45) is 7.34. The Balaban J connectivity index is 1.95. The zero-order valence-corrected chi connectivity index (χ0v) is 9.00. The Morgan fingerprint density at radius 1 is 1.27 bits per heavy atom. The second kappa shape index (κ2) is 3.95. The highest BCUT2D eigenvalue weighted by Crippen LogP contribution is 2.46. The second-order valence-electron chi connectivity index (χ2n) is 5.19. The third-order valence-electron chi connectivity index (χ3n) is 3.93. The highest BCUT2D eigenvalue weighted by atomic mass is 16.4. The number of aliphatic carboxylic acids is 1. The lowest BCUT2D eigenvalue weighted by Gasteiger charge is -2.39. The van der Waals surface area contributed by atoms with Crippen LogP contribution in [-0.2, 0) is 9.59 Å². The zero-order chi connectivity index (χ0) is 10.9. The fraction of sp³-hybridized carbons (Fsp3) is 0.833. The predicted octanol–water partition coefficient (Wildman–Crippen LogP) is 2.39. The first-order valence-corrected chi connectivity index (χ1v) is 5.87. The number of hydrogen-bond donors (Lipinski definition) is 1. The predicted molar refractivity (Wildman–Crippen MR) is 55.5 cm³/mol. The molecule has 0 saturated heterocycles. The topological polar surface area (TPSA) is 54.4 Å². The van der Waals surface area contributed by atoms with Crippen LogP contribution in [-0.4, -0.2) is 16.9 Å². The molecule has 0 radical (unpaired) electrons. The molecule has 0 atom stereocenters. The van der Waals surface area contributed by atoms with Crippen LogP contribution in [0, 0.1) is 11.3 Å². The fourth-order valence-electron chi connectivity index (χ4n) is 3.03. The van der Waals surface area contributed by atoms with Crippen molar-refractivity contribution in [1.82, 2.24) is 0 Å². The van der Waals surface area contributed by atoms with Gasteiger partial charge < -0.3 is 5.11 Å². The van der Waals surface area contributed by atoms with Crippen LogP contribution in [0.1, 0.15) is 51.4 Å².